The standard InChI is InChI=1S/C14H7BrN2S3/c15-13-4-3-12(20-13)11-2-1-10(19-11)7-9(8-16)14-17-5-6-18-14/h1-7H. The highest BCUT2D eigenvalue weighted by molar-refractivity contribution is 9.11. The van der Waals surface area contributed by atoms with Crippen LogP contribution in [0.1, 0.15) is 9.88 Å². The molecule has 3 aromatic heterocycles. The maximum Gasteiger partial charge on any atom is 0.133 e. The fraction of sp³-hybridized carbons (Fsp3) is 0. The van der Waals surface area contributed by atoms with Gasteiger partial charge in [-0.15, -0.1) is 34.0 Å². The number of hydrogen-bond donors (Lipinski definition) is 0. The third-order valence-corrected chi connectivity index (χ3v) is 6.17. The molecule has 20 heavy (non-hydrogen) atoms. The largest absolute Gasteiger partial charge is 0.244 e. The molecule has 98 valence electrons. The zero-order valence-electron chi connectivity index (χ0n) is 10.0. The normalized spacial score (nSPS) is 11.5. The minimum Gasteiger partial charge on any atom is -0.244 e. The smallest absolute Gasteiger partial charge is 0.133 e. The molecule has 0 unspecified atom stereocenters. The third-order valence-electron chi connectivity index (χ3n) is 2.51. The van der Waals surface area contributed by atoms with Crippen molar-refractivity contribution in [2.75, 3.05) is 0 Å². The molecule has 0 radical (unpaired) electrons. The maximum atomic E-state index is 9.24. The van der Waals surface area contributed by atoms with E-state index in [2.05, 4.69) is 39.1 Å². The quantitative estimate of drug-likeness (QED) is 0.543. The number of nitrogens with zero attached hydrogens (tertiary/aromatic N) is 2. The molecule has 0 bridgehead atoms. The lowest BCUT2D eigenvalue weighted by Crippen LogP contribution is -1.77. The van der Waals surface area contributed by atoms with Crippen LogP contribution in [0.4, 0.5) is 0 Å². The highest BCUT2D eigenvalue weighted by Gasteiger charge is 2.07. The second kappa shape index (κ2) is 6.02. The minimum absolute atomic E-state index is 0.612. The summed E-state index contributed by atoms with van der Waals surface area (Å²) in [7, 11) is 0. The van der Waals surface area contributed by atoms with Crippen molar-refractivity contribution in [1.82, 2.24) is 4.98 Å². The first-order valence-corrected chi connectivity index (χ1v) is 8.94. The van der Waals surface area contributed by atoms with Crippen molar-refractivity contribution < 1.29 is 0 Å². The van der Waals surface area contributed by atoms with Gasteiger partial charge in [0, 0.05) is 26.2 Å². The summed E-state index contributed by atoms with van der Waals surface area (Å²) in [6.45, 7) is 0. The number of nitriles is 1. The first kappa shape index (κ1) is 13.7. The highest BCUT2D eigenvalue weighted by Crippen LogP contribution is 2.36. The van der Waals surface area contributed by atoms with Gasteiger partial charge in [-0.3, -0.25) is 0 Å². The van der Waals surface area contributed by atoms with Gasteiger partial charge in [-0.2, -0.15) is 5.26 Å². The molecule has 0 saturated carbocycles. The fourth-order valence-electron chi connectivity index (χ4n) is 1.65. The summed E-state index contributed by atoms with van der Waals surface area (Å²) < 4.78 is 1.12. The molecular formula is C14H7BrN2S3. The lowest BCUT2D eigenvalue weighted by atomic mass is 10.2. The molecule has 0 aliphatic rings. The Morgan fingerprint density at radius 3 is 2.65 bits per heavy atom. The Morgan fingerprint density at radius 1 is 1.20 bits per heavy atom. The average molecular weight is 379 g/mol. The van der Waals surface area contributed by atoms with Crippen LogP contribution < -0.4 is 0 Å². The molecule has 3 heterocycles. The molecule has 3 rings (SSSR count). The topological polar surface area (TPSA) is 36.7 Å². The van der Waals surface area contributed by atoms with E-state index in [9.17, 15) is 5.26 Å². The van der Waals surface area contributed by atoms with E-state index in [0.29, 0.717) is 5.57 Å². The van der Waals surface area contributed by atoms with E-state index < -0.39 is 0 Å². The number of hydrogen-bond acceptors (Lipinski definition) is 5. The lowest BCUT2D eigenvalue weighted by Gasteiger charge is -1.91. The molecule has 0 fully saturated rings. The number of halogens is 1. The molecular weight excluding hydrogens is 372 g/mol. The predicted molar refractivity (Wildman–Crippen MR) is 90.9 cm³/mol. The average Bonchev–Trinajstić information content (AvgIpc) is 3.16. The van der Waals surface area contributed by atoms with Crippen LogP contribution in [0.25, 0.3) is 21.4 Å². The summed E-state index contributed by atoms with van der Waals surface area (Å²) in [6.07, 6.45) is 3.61. The summed E-state index contributed by atoms with van der Waals surface area (Å²) in [5.41, 5.74) is 0.612. The van der Waals surface area contributed by atoms with Gasteiger partial charge in [-0.05, 0) is 46.3 Å². The molecule has 0 N–H and O–H groups in total. The first-order chi connectivity index (χ1) is 9.76. The van der Waals surface area contributed by atoms with Gasteiger partial charge in [0.05, 0.1) is 9.36 Å². The molecule has 0 atom stereocenters. The zero-order chi connectivity index (χ0) is 13.9. The van der Waals surface area contributed by atoms with Crippen LogP contribution in [0.15, 0.2) is 39.6 Å². The Balaban J connectivity index is 1.93. The van der Waals surface area contributed by atoms with Crippen molar-refractivity contribution in [2.45, 2.75) is 0 Å². The van der Waals surface area contributed by atoms with Gasteiger partial charge in [-0.1, -0.05) is 0 Å². The second-order valence-corrected chi connectivity index (χ2v) is 8.29. The third kappa shape index (κ3) is 2.91. The van der Waals surface area contributed by atoms with Gasteiger partial charge in [0.1, 0.15) is 11.1 Å². The molecule has 3 aromatic rings. The van der Waals surface area contributed by atoms with Crippen molar-refractivity contribution >= 4 is 61.6 Å². The highest BCUT2D eigenvalue weighted by atomic mass is 79.9. The van der Waals surface area contributed by atoms with E-state index in [0.717, 1.165) is 13.7 Å². The molecule has 0 aliphatic heterocycles. The van der Waals surface area contributed by atoms with Gasteiger partial charge in [-0.25, -0.2) is 4.98 Å². The van der Waals surface area contributed by atoms with Crippen molar-refractivity contribution in [1.29, 1.82) is 5.26 Å². The molecule has 0 spiro atoms. The van der Waals surface area contributed by atoms with E-state index in [1.165, 1.54) is 21.1 Å². The fourth-order valence-corrected chi connectivity index (χ4v) is 4.68. The Hall–Kier alpha value is -1.26. The Bertz CT molecular complexity index is 791. The molecule has 0 aliphatic carbocycles. The van der Waals surface area contributed by atoms with Gasteiger partial charge >= 0.3 is 0 Å². The first-order valence-electron chi connectivity index (χ1n) is 5.63. The summed E-state index contributed by atoms with van der Waals surface area (Å²) in [5.74, 6) is 0. The van der Waals surface area contributed by atoms with Gasteiger partial charge in [0.25, 0.3) is 0 Å². The number of aromatic nitrogens is 1. The van der Waals surface area contributed by atoms with Gasteiger partial charge in [0.15, 0.2) is 0 Å². The van der Waals surface area contributed by atoms with Crippen LogP contribution in [-0.2, 0) is 0 Å². The van der Waals surface area contributed by atoms with Crippen LogP contribution in [0.2, 0.25) is 0 Å². The van der Waals surface area contributed by atoms with Crippen molar-refractivity contribution in [2.24, 2.45) is 0 Å². The predicted octanol–water partition coefficient (Wildman–Crippen LogP) is 5.76. The van der Waals surface area contributed by atoms with Crippen LogP contribution in [0.3, 0.4) is 0 Å². The maximum absolute atomic E-state index is 9.24. The zero-order valence-corrected chi connectivity index (χ0v) is 14.1. The molecule has 0 amide bonds. The number of allylic oxidation sites excluding steroid dienone is 1. The monoisotopic (exact) mass is 378 g/mol. The van der Waals surface area contributed by atoms with Crippen LogP contribution in [-0.4, -0.2) is 4.98 Å². The molecule has 6 heteroatoms. The Kier molecular flexibility index (Phi) is 4.13. The van der Waals surface area contributed by atoms with E-state index in [1.54, 1.807) is 28.9 Å². The van der Waals surface area contributed by atoms with Crippen molar-refractivity contribution in [3.05, 3.63) is 49.5 Å². The number of rotatable bonds is 3. The van der Waals surface area contributed by atoms with E-state index in [-0.39, 0.29) is 0 Å². The van der Waals surface area contributed by atoms with Gasteiger partial charge < -0.3 is 0 Å². The summed E-state index contributed by atoms with van der Waals surface area (Å²) in [4.78, 5) is 7.69. The van der Waals surface area contributed by atoms with Gasteiger partial charge in [0.2, 0.25) is 0 Å². The van der Waals surface area contributed by atoms with Crippen LogP contribution >= 0.6 is 49.9 Å². The van der Waals surface area contributed by atoms with E-state index in [1.807, 2.05) is 23.6 Å². The summed E-state index contributed by atoms with van der Waals surface area (Å²) in [6, 6.07) is 10.5. The van der Waals surface area contributed by atoms with Crippen molar-refractivity contribution in [3.63, 3.8) is 0 Å². The summed E-state index contributed by atoms with van der Waals surface area (Å²) in [5, 5.41) is 11.9. The molecule has 0 aromatic carbocycles. The van der Waals surface area contributed by atoms with Crippen LogP contribution in [0, 0.1) is 11.3 Å². The minimum atomic E-state index is 0.612. The van der Waals surface area contributed by atoms with Crippen molar-refractivity contribution in [3.8, 4) is 15.8 Å². The molecule has 2 nitrogen and oxygen atoms in total. The van der Waals surface area contributed by atoms with E-state index in [4.69, 9.17) is 0 Å². The second-order valence-electron chi connectivity index (χ2n) is 3.81. The van der Waals surface area contributed by atoms with Crippen LogP contribution in [0.5, 0.6) is 0 Å². The SMILES string of the molecule is N#CC(=Cc1ccc(-c2ccc(Br)s2)s1)c1nccs1. The van der Waals surface area contributed by atoms with E-state index >= 15 is 0 Å². The Labute approximate surface area is 136 Å². The molecule has 0 saturated heterocycles. The summed E-state index contributed by atoms with van der Waals surface area (Å²) >= 11 is 8.34. The number of thiophene rings is 2. The lowest BCUT2D eigenvalue weighted by molar-refractivity contribution is 1.38. The number of thiazole rings is 1. The Morgan fingerprint density at radius 2 is 2.00 bits per heavy atom.